The molecular weight excluding hydrogens is 212 g/mol. The number of aromatic nitrogens is 1. The number of anilines is 1. The maximum Gasteiger partial charge on any atom is 0.355 e. The molecule has 0 aromatic carbocycles. The lowest BCUT2D eigenvalue weighted by Gasteiger charge is -2.38. The minimum atomic E-state index is -0.964. The summed E-state index contributed by atoms with van der Waals surface area (Å²) in [6, 6.07) is 0. The van der Waals surface area contributed by atoms with Crippen molar-refractivity contribution in [3.05, 3.63) is 11.1 Å². The molecule has 1 saturated carbocycles. The molecule has 0 saturated heterocycles. The summed E-state index contributed by atoms with van der Waals surface area (Å²) in [5.74, 6) is -0.964. The third-order valence-corrected chi connectivity index (χ3v) is 3.75. The fourth-order valence-electron chi connectivity index (χ4n) is 1.70. The van der Waals surface area contributed by atoms with Gasteiger partial charge in [-0.05, 0) is 18.3 Å². The molecule has 2 N–H and O–H groups in total. The summed E-state index contributed by atoms with van der Waals surface area (Å²) < 4.78 is 0. The monoisotopic (exact) mass is 226 g/mol. The van der Waals surface area contributed by atoms with Crippen LogP contribution in [-0.4, -0.2) is 22.6 Å². The van der Waals surface area contributed by atoms with Crippen molar-refractivity contribution in [1.82, 2.24) is 4.98 Å². The highest BCUT2D eigenvalue weighted by molar-refractivity contribution is 7.13. The summed E-state index contributed by atoms with van der Waals surface area (Å²) in [7, 11) is 0. The lowest BCUT2D eigenvalue weighted by molar-refractivity contribution is 0.0691. The molecule has 2 rings (SSSR count). The Morgan fingerprint density at radius 3 is 2.93 bits per heavy atom. The van der Waals surface area contributed by atoms with E-state index in [-0.39, 0.29) is 5.69 Å². The third kappa shape index (κ3) is 2.28. The van der Waals surface area contributed by atoms with E-state index in [0.29, 0.717) is 10.5 Å². The normalized spacial score (nSPS) is 18.2. The van der Waals surface area contributed by atoms with E-state index in [4.69, 9.17) is 5.11 Å². The van der Waals surface area contributed by atoms with Gasteiger partial charge in [-0.25, -0.2) is 9.78 Å². The van der Waals surface area contributed by atoms with Gasteiger partial charge in [-0.15, -0.1) is 11.3 Å². The van der Waals surface area contributed by atoms with E-state index in [1.54, 1.807) is 5.38 Å². The zero-order chi connectivity index (χ0) is 10.9. The Hall–Kier alpha value is -1.10. The predicted octanol–water partition coefficient (Wildman–Crippen LogP) is 2.44. The van der Waals surface area contributed by atoms with Crippen LogP contribution in [0.3, 0.4) is 0 Å². The summed E-state index contributed by atoms with van der Waals surface area (Å²) in [4.78, 5) is 14.6. The first-order valence-corrected chi connectivity index (χ1v) is 5.90. The van der Waals surface area contributed by atoms with Gasteiger partial charge in [0.1, 0.15) is 0 Å². The van der Waals surface area contributed by atoms with Crippen LogP contribution in [0.5, 0.6) is 0 Å². The van der Waals surface area contributed by atoms with E-state index in [0.717, 1.165) is 6.54 Å². The number of rotatable bonds is 4. The highest BCUT2D eigenvalue weighted by Crippen LogP contribution is 2.40. The van der Waals surface area contributed by atoms with E-state index >= 15 is 0 Å². The Labute approximate surface area is 92.3 Å². The summed E-state index contributed by atoms with van der Waals surface area (Å²) >= 11 is 1.35. The predicted molar refractivity (Wildman–Crippen MR) is 59.5 cm³/mol. The van der Waals surface area contributed by atoms with Crippen LogP contribution in [0.2, 0.25) is 0 Å². The molecule has 5 heteroatoms. The standard InChI is InChI=1S/C10H14N2O2S/c1-10(3-2-4-10)6-11-9-12-7(5-15-9)8(13)14/h5H,2-4,6H2,1H3,(H,11,12)(H,13,14). The van der Waals surface area contributed by atoms with Crippen molar-refractivity contribution in [2.45, 2.75) is 26.2 Å². The molecule has 0 aliphatic heterocycles. The molecule has 1 fully saturated rings. The summed E-state index contributed by atoms with van der Waals surface area (Å²) in [5.41, 5.74) is 0.510. The molecular formula is C10H14N2O2S. The first kappa shape index (κ1) is 10.4. The highest BCUT2D eigenvalue weighted by Gasteiger charge is 2.31. The van der Waals surface area contributed by atoms with Gasteiger partial charge in [0.15, 0.2) is 10.8 Å². The molecule has 1 aliphatic rings. The van der Waals surface area contributed by atoms with Crippen molar-refractivity contribution in [1.29, 1.82) is 0 Å². The zero-order valence-corrected chi connectivity index (χ0v) is 9.43. The fourth-order valence-corrected chi connectivity index (χ4v) is 2.38. The van der Waals surface area contributed by atoms with Gasteiger partial charge in [-0.2, -0.15) is 0 Å². The van der Waals surface area contributed by atoms with Crippen LogP contribution in [0.4, 0.5) is 5.13 Å². The van der Waals surface area contributed by atoms with Crippen LogP contribution >= 0.6 is 11.3 Å². The zero-order valence-electron chi connectivity index (χ0n) is 8.62. The van der Waals surface area contributed by atoms with Crippen LogP contribution in [0, 0.1) is 5.41 Å². The molecule has 82 valence electrons. The van der Waals surface area contributed by atoms with Gasteiger partial charge in [0.2, 0.25) is 0 Å². The Kier molecular flexibility index (Phi) is 2.65. The van der Waals surface area contributed by atoms with Gasteiger partial charge in [-0.3, -0.25) is 0 Å². The smallest absolute Gasteiger partial charge is 0.355 e. The lowest BCUT2D eigenvalue weighted by Crippen LogP contribution is -2.33. The summed E-state index contributed by atoms with van der Waals surface area (Å²) in [5, 5.41) is 14.2. The Morgan fingerprint density at radius 1 is 1.73 bits per heavy atom. The highest BCUT2D eigenvalue weighted by atomic mass is 32.1. The fraction of sp³-hybridized carbons (Fsp3) is 0.600. The second-order valence-electron chi connectivity index (χ2n) is 4.36. The molecule has 1 heterocycles. The van der Waals surface area contributed by atoms with Gasteiger partial charge < -0.3 is 10.4 Å². The largest absolute Gasteiger partial charge is 0.476 e. The van der Waals surface area contributed by atoms with Crippen molar-refractivity contribution in [2.75, 3.05) is 11.9 Å². The molecule has 4 nitrogen and oxygen atoms in total. The lowest BCUT2D eigenvalue weighted by atomic mass is 9.70. The summed E-state index contributed by atoms with van der Waals surface area (Å²) in [6.45, 7) is 3.13. The van der Waals surface area contributed by atoms with Crippen molar-refractivity contribution in [2.24, 2.45) is 5.41 Å². The number of carboxylic acids is 1. The van der Waals surface area contributed by atoms with E-state index in [2.05, 4.69) is 17.2 Å². The average Bonchev–Trinajstić information content (AvgIpc) is 2.60. The number of aromatic carboxylic acids is 1. The minimum Gasteiger partial charge on any atom is -0.476 e. The second-order valence-corrected chi connectivity index (χ2v) is 5.22. The molecule has 0 atom stereocenters. The Bertz CT molecular complexity index is 371. The van der Waals surface area contributed by atoms with Crippen molar-refractivity contribution in [3.63, 3.8) is 0 Å². The second kappa shape index (κ2) is 3.81. The van der Waals surface area contributed by atoms with E-state index in [9.17, 15) is 4.79 Å². The van der Waals surface area contributed by atoms with Crippen LogP contribution < -0.4 is 5.32 Å². The van der Waals surface area contributed by atoms with Crippen LogP contribution in [-0.2, 0) is 0 Å². The molecule has 0 unspecified atom stereocenters. The molecule has 0 bridgehead atoms. The molecule has 1 aliphatic carbocycles. The van der Waals surface area contributed by atoms with Crippen molar-refractivity contribution >= 4 is 22.4 Å². The number of thiazole rings is 1. The maximum absolute atomic E-state index is 10.6. The van der Waals surface area contributed by atoms with Crippen molar-refractivity contribution in [3.8, 4) is 0 Å². The molecule has 0 spiro atoms. The average molecular weight is 226 g/mol. The van der Waals surface area contributed by atoms with Crippen LogP contribution in [0.1, 0.15) is 36.7 Å². The Morgan fingerprint density at radius 2 is 2.47 bits per heavy atom. The van der Waals surface area contributed by atoms with E-state index < -0.39 is 5.97 Å². The summed E-state index contributed by atoms with van der Waals surface area (Å²) in [6.07, 6.45) is 3.80. The van der Waals surface area contributed by atoms with Crippen LogP contribution in [0.15, 0.2) is 5.38 Å². The van der Waals surface area contributed by atoms with E-state index in [1.807, 2.05) is 0 Å². The quantitative estimate of drug-likeness (QED) is 0.827. The number of carbonyl (C=O) groups is 1. The maximum atomic E-state index is 10.6. The topological polar surface area (TPSA) is 62.2 Å². The molecule has 0 radical (unpaired) electrons. The van der Waals surface area contributed by atoms with Gasteiger partial charge in [0.25, 0.3) is 0 Å². The number of carboxylic acid groups (broad SMARTS) is 1. The number of hydrogen-bond donors (Lipinski definition) is 2. The van der Waals surface area contributed by atoms with Gasteiger partial charge in [-0.1, -0.05) is 13.3 Å². The first-order valence-electron chi connectivity index (χ1n) is 5.02. The van der Waals surface area contributed by atoms with Crippen molar-refractivity contribution < 1.29 is 9.90 Å². The number of nitrogens with zero attached hydrogens (tertiary/aromatic N) is 1. The molecule has 1 aromatic heterocycles. The third-order valence-electron chi connectivity index (χ3n) is 2.95. The first-order chi connectivity index (χ1) is 7.09. The molecule has 0 amide bonds. The minimum absolute atomic E-state index is 0.126. The Balaban J connectivity index is 1.90. The molecule has 1 aromatic rings. The van der Waals surface area contributed by atoms with Crippen LogP contribution in [0.25, 0.3) is 0 Å². The van der Waals surface area contributed by atoms with Gasteiger partial charge in [0.05, 0.1) is 0 Å². The number of nitrogens with one attached hydrogen (secondary N) is 1. The SMILES string of the molecule is CC1(CNc2nc(C(=O)O)cs2)CCC1. The van der Waals surface area contributed by atoms with Gasteiger partial charge >= 0.3 is 5.97 Å². The van der Waals surface area contributed by atoms with E-state index in [1.165, 1.54) is 30.6 Å². The number of hydrogen-bond acceptors (Lipinski definition) is 4. The molecule has 15 heavy (non-hydrogen) atoms. The van der Waals surface area contributed by atoms with Gasteiger partial charge in [0, 0.05) is 11.9 Å².